The van der Waals surface area contributed by atoms with Gasteiger partial charge in [0, 0.05) is 30.5 Å². The first-order valence-electron chi connectivity index (χ1n) is 6.64. The van der Waals surface area contributed by atoms with Gasteiger partial charge in [-0.1, -0.05) is 6.92 Å². The van der Waals surface area contributed by atoms with Gasteiger partial charge in [0.1, 0.15) is 9.90 Å². The van der Waals surface area contributed by atoms with Crippen LogP contribution < -0.4 is 10.0 Å². The zero-order valence-electron chi connectivity index (χ0n) is 11.9. The molecule has 2 aromatic rings. The summed E-state index contributed by atoms with van der Waals surface area (Å²) in [4.78, 5) is 8.20. The summed E-state index contributed by atoms with van der Waals surface area (Å²) in [6.45, 7) is 4.49. The predicted molar refractivity (Wildman–Crippen MR) is 83.9 cm³/mol. The second-order valence-electron chi connectivity index (χ2n) is 4.51. The normalized spacial score (nSPS) is 13.0. The number of aromatic nitrogens is 2. The number of sulfonamides is 1. The van der Waals surface area contributed by atoms with Crippen molar-refractivity contribution in [1.82, 2.24) is 14.7 Å². The van der Waals surface area contributed by atoms with Gasteiger partial charge in [-0.15, -0.1) is 11.3 Å². The molecule has 0 spiro atoms. The van der Waals surface area contributed by atoms with Gasteiger partial charge in [-0.25, -0.2) is 18.1 Å². The van der Waals surface area contributed by atoms with Gasteiger partial charge in [-0.3, -0.25) is 4.98 Å². The molecule has 0 radical (unpaired) electrons. The van der Waals surface area contributed by atoms with Crippen molar-refractivity contribution >= 4 is 27.0 Å². The fourth-order valence-corrected chi connectivity index (χ4v) is 3.85. The third kappa shape index (κ3) is 3.99. The van der Waals surface area contributed by atoms with E-state index in [4.69, 9.17) is 0 Å². The molecule has 0 aliphatic heterocycles. The Balaban J connectivity index is 2.23. The fourth-order valence-electron chi connectivity index (χ4n) is 1.79. The van der Waals surface area contributed by atoms with Crippen LogP contribution >= 0.6 is 11.3 Å². The molecule has 8 heteroatoms. The minimum Gasteiger partial charge on any atom is -0.384 e. The van der Waals surface area contributed by atoms with Crippen LogP contribution in [-0.4, -0.2) is 24.9 Å². The summed E-state index contributed by atoms with van der Waals surface area (Å²) >= 11 is 1.42. The minimum atomic E-state index is -3.65. The first-order chi connectivity index (χ1) is 10.0. The lowest BCUT2D eigenvalue weighted by Gasteiger charge is -2.15. The van der Waals surface area contributed by atoms with E-state index in [0.29, 0.717) is 12.2 Å². The number of nitrogens with zero attached hydrogens (tertiary/aromatic N) is 2. The van der Waals surface area contributed by atoms with Gasteiger partial charge in [0.05, 0.1) is 11.7 Å². The Morgan fingerprint density at radius 1 is 1.38 bits per heavy atom. The van der Waals surface area contributed by atoms with Crippen LogP contribution in [0.15, 0.2) is 34.9 Å². The molecule has 0 aliphatic carbocycles. The second kappa shape index (κ2) is 6.97. The lowest BCUT2D eigenvalue weighted by Crippen LogP contribution is -2.27. The lowest BCUT2D eigenvalue weighted by atomic mass is 10.4. The van der Waals surface area contributed by atoms with E-state index in [1.807, 2.05) is 12.3 Å². The van der Waals surface area contributed by atoms with E-state index in [2.05, 4.69) is 20.0 Å². The molecule has 0 saturated heterocycles. The lowest BCUT2D eigenvalue weighted by molar-refractivity contribution is 0.566. The van der Waals surface area contributed by atoms with Crippen molar-refractivity contribution in [2.75, 3.05) is 11.9 Å². The van der Waals surface area contributed by atoms with Gasteiger partial charge in [0.15, 0.2) is 0 Å². The molecule has 2 rings (SSSR count). The van der Waals surface area contributed by atoms with Crippen LogP contribution in [-0.2, 0) is 10.0 Å². The zero-order chi connectivity index (χ0) is 15.3. The van der Waals surface area contributed by atoms with Crippen molar-refractivity contribution in [2.45, 2.75) is 31.2 Å². The number of rotatable bonds is 7. The molecule has 0 bridgehead atoms. The highest BCUT2D eigenvalue weighted by molar-refractivity contribution is 7.89. The third-order valence-electron chi connectivity index (χ3n) is 2.79. The standard InChI is InChI=1S/C13H18N4O2S2/c1-3-5-15-11-4-6-14-9-12(11)21(18,19)17-10(2)13-16-7-8-20-13/h4,6-10,17H,3,5H2,1-2H3,(H,14,15). The topological polar surface area (TPSA) is 84.0 Å². The van der Waals surface area contributed by atoms with E-state index in [-0.39, 0.29) is 10.9 Å². The summed E-state index contributed by atoms with van der Waals surface area (Å²) < 4.78 is 27.6. The molecule has 2 N–H and O–H groups in total. The smallest absolute Gasteiger partial charge is 0.244 e. The summed E-state index contributed by atoms with van der Waals surface area (Å²) in [5.74, 6) is 0. The highest BCUT2D eigenvalue weighted by atomic mass is 32.2. The Labute approximate surface area is 128 Å². The average molecular weight is 326 g/mol. The average Bonchev–Trinajstić information content (AvgIpc) is 2.99. The number of hydrogen-bond donors (Lipinski definition) is 2. The van der Waals surface area contributed by atoms with E-state index in [9.17, 15) is 8.42 Å². The van der Waals surface area contributed by atoms with Gasteiger partial charge < -0.3 is 5.32 Å². The predicted octanol–water partition coefficient (Wildman–Crippen LogP) is 2.40. The van der Waals surface area contributed by atoms with E-state index >= 15 is 0 Å². The maximum absolute atomic E-state index is 12.5. The quantitative estimate of drug-likeness (QED) is 0.816. The van der Waals surface area contributed by atoms with Gasteiger partial charge >= 0.3 is 0 Å². The molecule has 114 valence electrons. The highest BCUT2D eigenvalue weighted by Gasteiger charge is 2.22. The molecule has 0 amide bonds. The van der Waals surface area contributed by atoms with E-state index < -0.39 is 10.0 Å². The highest BCUT2D eigenvalue weighted by Crippen LogP contribution is 2.23. The van der Waals surface area contributed by atoms with Crippen molar-refractivity contribution in [3.05, 3.63) is 35.0 Å². The van der Waals surface area contributed by atoms with Crippen LogP contribution in [0, 0.1) is 0 Å². The van der Waals surface area contributed by atoms with Crippen molar-refractivity contribution in [2.24, 2.45) is 0 Å². The molecule has 0 fully saturated rings. The van der Waals surface area contributed by atoms with Crippen LogP contribution in [0.25, 0.3) is 0 Å². The van der Waals surface area contributed by atoms with Crippen molar-refractivity contribution in [1.29, 1.82) is 0 Å². The SMILES string of the molecule is CCCNc1ccncc1S(=O)(=O)NC(C)c1nccs1. The summed E-state index contributed by atoms with van der Waals surface area (Å²) in [6, 6.07) is 1.28. The van der Waals surface area contributed by atoms with Gasteiger partial charge in [-0.05, 0) is 19.4 Å². The van der Waals surface area contributed by atoms with Crippen LogP contribution in [0.3, 0.4) is 0 Å². The first kappa shape index (κ1) is 15.9. The number of hydrogen-bond acceptors (Lipinski definition) is 6. The molecular formula is C13H18N4O2S2. The van der Waals surface area contributed by atoms with Crippen LogP contribution in [0.5, 0.6) is 0 Å². The van der Waals surface area contributed by atoms with Gasteiger partial charge in [0.2, 0.25) is 10.0 Å². The monoisotopic (exact) mass is 326 g/mol. The molecule has 2 heterocycles. The number of pyridine rings is 1. The summed E-state index contributed by atoms with van der Waals surface area (Å²) in [6.07, 6.45) is 5.49. The Morgan fingerprint density at radius 2 is 2.19 bits per heavy atom. The van der Waals surface area contributed by atoms with E-state index in [1.165, 1.54) is 17.5 Å². The molecule has 6 nitrogen and oxygen atoms in total. The minimum absolute atomic E-state index is 0.154. The molecule has 1 unspecified atom stereocenters. The fraction of sp³-hybridized carbons (Fsp3) is 0.385. The summed E-state index contributed by atoms with van der Waals surface area (Å²) in [5, 5.41) is 5.65. The number of anilines is 1. The zero-order valence-corrected chi connectivity index (χ0v) is 13.5. The molecule has 0 aliphatic rings. The van der Waals surface area contributed by atoms with Gasteiger partial charge in [-0.2, -0.15) is 0 Å². The van der Waals surface area contributed by atoms with Crippen LogP contribution in [0.2, 0.25) is 0 Å². The molecule has 0 aromatic carbocycles. The summed E-state index contributed by atoms with van der Waals surface area (Å²) in [5.41, 5.74) is 0.561. The first-order valence-corrected chi connectivity index (χ1v) is 9.00. The molecular weight excluding hydrogens is 308 g/mol. The Hall–Kier alpha value is -1.51. The molecule has 1 atom stereocenters. The molecule has 0 saturated carbocycles. The molecule has 21 heavy (non-hydrogen) atoms. The maximum Gasteiger partial charge on any atom is 0.244 e. The van der Waals surface area contributed by atoms with Crippen LogP contribution in [0.1, 0.15) is 31.3 Å². The third-order valence-corrected chi connectivity index (χ3v) is 5.32. The Kier molecular flexibility index (Phi) is 5.27. The molecule has 2 aromatic heterocycles. The summed E-state index contributed by atoms with van der Waals surface area (Å²) in [7, 11) is -3.65. The Morgan fingerprint density at radius 3 is 2.86 bits per heavy atom. The van der Waals surface area contributed by atoms with Crippen molar-refractivity contribution in [3.63, 3.8) is 0 Å². The number of thiazole rings is 1. The van der Waals surface area contributed by atoms with Crippen LogP contribution in [0.4, 0.5) is 5.69 Å². The maximum atomic E-state index is 12.5. The van der Waals surface area contributed by atoms with Gasteiger partial charge in [0.25, 0.3) is 0 Å². The van der Waals surface area contributed by atoms with E-state index in [1.54, 1.807) is 25.4 Å². The largest absolute Gasteiger partial charge is 0.384 e. The number of nitrogens with one attached hydrogen (secondary N) is 2. The van der Waals surface area contributed by atoms with Crippen molar-refractivity contribution < 1.29 is 8.42 Å². The Bertz CT molecular complexity index is 671. The second-order valence-corrected chi connectivity index (χ2v) is 7.12. The van der Waals surface area contributed by atoms with E-state index in [0.717, 1.165) is 11.4 Å². The van der Waals surface area contributed by atoms with Crippen molar-refractivity contribution in [3.8, 4) is 0 Å².